The highest BCUT2D eigenvalue weighted by atomic mass is 16.5. The average molecular weight is 257 g/mol. The summed E-state index contributed by atoms with van der Waals surface area (Å²) in [4.78, 5) is 2.46. The molecule has 0 saturated heterocycles. The van der Waals surface area contributed by atoms with Crippen molar-refractivity contribution in [3.63, 3.8) is 0 Å². The number of hydrogen-bond acceptors (Lipinski definition) is 3. The summed E-state index contributed by atoms with van der Waals surface area (Å²) >= 11 is 0. The first-order valence-corrected chi connectivity index (χ1v) is 7.42. The zero-order valence-electron chi connectivity index (χ0n) is 12.6. The summed E-state index contributed by atoms with van der Waals surface area (Å²) in [5.41, 5.74) is 0. The van der Waals surface area contributed by atoms with E-state index in [2.05, 4.69) is 25.7 Å². The summed E-state index contributed by atoms with van der Waals surface area (Å²) in [6.07, 6.45) is 3.23. The van der Waals surface area contributed by atoms with Crippen LogP contribution in [0.2, 0.25) is 0 Å². The Morgan fingerprint density at radius 1 is 1.33 bits per heavy atom. The number of aliphatic hydroxyl groups excluding tert-OH is 1. The molecule has 3 unspecified atom stereocenters. The van der Waals surface area contributed by atoms with Crippen molar-refractivity contribution in [3.05, 3.63) is 0 Å². The van der Waals surface area contributed by atoms with Crippen LogP contribution in [0.25, 0.3) is 0 Å². The molecule has 0 aliphatic heterocycles. The molecule has 0 spiro atoms. The Bertz CT molecular complexity index is 221. The van der Waals surface area contributed by atoms with Crippen molar-refractivity contribution >= 4 is 0 Å². The van der Waals surface area contributed by atoms with E-state index in [1.54, 1.807) is 7.11 Å². The van der Waals surface area contributed by atoms with Crippen molar-refractivity contribution in [1.82, 2.24) is 4.90 Å². The lowest BCUT2D eigenvalue weighted by Crippen LogP contribution is -2.41. The molecule has 1 aliphatic rings. The minimum atomic E-state index is -0.0987. The Morgan fingerprint density at radius 3 is 2.67 bits per heavy atom. The zero-order valence-corrected chi connectivity index (χ0v) is 12.6. The molecule has 0 bridgehead atoms. The van der Waals surface area contributed by atoms with Crippen LogP contribution in [0.1, 0.15) is 40.0 Å². The van der Waals surface area contributed by atoms with Gasteiger partial charge in [0.25, 0.3) is 0 Å². The number of methoxy groups -OCH3 is 1. The van der Waals surface area contributed by atoms with Gasteiger partial charge in [-0.05, 0) is 37.0 Å². The van der Waals surface area contributed by atoms with Crippen LogP contribution in [-0.4, -0.2) is 49.5 Å². The molecule has 1 saturated carbocycles. The van der Waals surface area contributed by atoms with Gasteiger partial charge in [-0.2, -0.15) is 0 Å². The van der Waals surface area contributed by atoms with Gasteiger partial charge in [0, 0.05) is 26.7 Å². The maximum absolute atomic E-state index is 10.1. The van der Waals surface area contributed by atoms with Crippen molar-refractivity contribution < 1.29 is 9.84 Å². The zero-order chi connectivity index (χ0) is 13.5. The summed E-state index contributed by atoms with van der Waals surface area (Å²) in [5.74, 6) is 1.88. The van der Waals surface area contributed by atoms with Crippen LogP contribution in [0.3, 0.4) is 0 Å². The Kier molecular flexibility index (Phi) is 7.20. The molecule has 1 fully saturated rings. The second-order valence-electron chi connectivity index (χ2n) is 6.39. The molecular formula is C15H31NO2. The van der Waals surface area contributed by atoms with Crippen LogP contribution in [0.15, 0.2) is 0 Å². The predicted octanol–water partition coefficient (Wildman–Crippen LogP) is 2.39. The number of aliphatic hydroxyl groups is 1. The Hall–Kier alpha value is -0.120. The van der Waals surface area contributed by atoms with Gasteiger partial charge in [-0.3, -0.25) is 0 Å². The van der Waals surface area contributed by atoms with E-state index in [-0.39, 0.29) is 6.10 Å². The summed E-state index contributed by atoms with van der Waals surface area (Å²) in [6, 6.07) is 0. The van der Waals surface area contributed by atoms with E-state index in [1.165, 1.54) is 12.8 Å². The minimum absolute atomic E-state index is 0.0987. The maximum Gasteiger partial charge on any atom is 0.0589 e. The first kappa shape index (κ1) is 15.9. The van der Waals surface area contributed by atoms with E-state index in [0.717, 1.165) is 38.6 Å². The standard InChI is InChI=1S/C15H31NO2/c1-12(2)10-16(7-8-18-4)11-14-9-13(3)5-6-15(14)17/h12-15,17H,5-11H2,1-4H3. The molecule has 1 N–H and O–H groups in total. The van der Waals surface area contributed by atoms with E-state index in [0.29, 0.717) is 11.8 Å². The van der Waals surface area contributed by atoms with Crippen LogP contribution in [0.4, 0.5) is 0 Å². The van der Waals surface area contributed by atoms with Gasteiger partial charge in [0.15, 0.2) is 0 Å². The van der Waals surface area contributed by atoms with Gasteiger partial charge in [-0.15, -0.1) is 0 Å². The molecule has 0 aromatic carbocycles. The van der Waals surface area contributed by atoms with E-state index in [4.69, 9.17) is 4.74 Å². The topological polar surface area (TPSA) is 32.7 Å². The molecule has 0 amide bonds. The molecule has 3 heteroatoms. The first-order chi connectivity index (χ1) is 8.52. The highest BCUT2D eigenvalue weighted by molar-refractivity contribution is 4.80. The van der Waals surface area contributed by atoms with Crippen molar-refractivity contribution in [2.75, 3.05) is 33.4 Å². The lowest BCUT2D eigenvalue weighted by atomic mass is 9.80. The normalized spacial score (nSPS) is 29.2. The van der Waals surface area contributed by atoms with Crippen molar-refractivity contribution in [2.24, 2.45) is 17.8 Å². The fourth-order valence-corrected chi connectivity index (χ4v) is 3.00. The van der Waals surface area contributed by atoms with Crippen LogP contribution in [0, 0.1) is 17.8 Å². The SMILES string of the molecule is COCCN(CC(C)C)CC1CC(C)CCC1O. The minimum Gasteiger partial charge on any atom is -0.393 e. The predicted molar refractivity (Wildman–Crippen MR) is 75.7 cm³/mol. The van der Waals surface area contributed by atoms with Gasteiger partial charge in [0.05, 0.1) is 12.7 Å². The van der Waals surface area contributed by atoms with E-state index in [1.807, 2.05) is 0 Å². The third kappa shape index (κ3) is 5.68. The molecule has 1 rings (SSSR count). The second-order valence-corrected chi connectivity index (χ2v) is 6.39. The Labute approximate surface area is 113 Å². The Morgan fingerprint density at radius 2 is 2.06 bits per heavy atom. The van der Waals surface area contributed by atoms with Gasteiger partial charge < -0.3 is 14.7 Å². The van der Waals surface area contributed by atoms with Crippen molar-refractivity contribution in [1.29, 1.82) is 0 Å². The van der Waals surface area contributed by atoms with Crippen LogP contribution < -0.4 is 0 Å². The molecular weight excluding hydrogens is 226 g/mol. The Balaban J connectivity index is 2.46. The van der Waals surface area contributed by atoms with E-state index >= 15 is 0 Å². The summed E-state index contributed by atoms with van der Waals surface area (Å²) in [5, 5.41) is 10.1. The number of hydrogen-bond donors (Lipinski definition) is 1. The second kappa shape index (κ2) is 8.13. The maximum atomic E-state index is 10.1. The highest BCUT2D eigenvalue weighted by Crippen LogP contribution is 2.29. The molecule has 3 atom stereocenters. The van der Waals surface area contributed by atoms with Crippen LogP contribution in [-0.2, 0) is 4.74 Å². The van der Waals surface area contributed by atoms with Gasteiger partial charge in [0.1, 0.15) is 0 Å². The van der Waals surface area contributed by atoms with E-state index < -0.39 is 0 Å². The fourth-order valence-electron chi connectivity index (χ4n) is 3.00. The van der Waals surface area contributed by atoms with Gasteiger partial charge in [-0.1, -0.05) is 20.8 Å². The smallest absolute Gasteiger partial charge is 0.0589 e. The lowest BCUT2D eigenvalue weighted by molar-refractivity contribution is 0.0232. The van der Waals surface area contributed by atoms with Crippen LogP contribution >= 0.6 is 0 Å². The molecule has 0 radical (unpaired) electrons. The molecule has 0 heterocycles. The summed E-state index contributed by atoms with van der Waals surface area (Å²) in [7, 11) is 1.76. The molecule has 108 valence electrons. The fraction of sp³-hybridized carbons (Fsp3) is 1.00. The third-order valence-electron chi connectivity index (χ3n) is 3.93. The third-order valence-corrected chi connectivity index (χ3v) is 3.93. The monoisotopic (exact) mass is 257 g/mol. The molecule has 0 aromatic rings. The largest absolute Gasteiger partial charge is 0.393 e. The van der Waals surface area contributed by atoms with Gasteiger partial charge in [-0.25, -0.2) is 0 Å². The van der Waals surface area contributed by atoms with Gasteiger partial charge in [0.2, 0.25) is 0 Å². The average Bonchev–Trinajstić information content (AvgIpc) is 2.30. The summed E-state index contributed by atoms with van der Waals surface area (Å²) in [6.45, 7) is 10.7. The molecule has 0 aromatic heterocycles. The lowest BCUT2D eigenvalue weighted by Gasteiger charge is -2.36. The van der Waals surface area contributed by atoms with Crippen molar-refractivity contribution in [3.8, 4) is 0 Å². The van der Waals surface area contributed by atoms with Crippen molar-refractivity contribution in [2.45, 2.75) is 46.1 Å². The quantitative estimate of drug-likeness (QED) is 0.760. The number of rotatable bonds is 7. The highest BCUT2D eigenvalue weighted by Gasteiger charge is 2.28. The summed E-state index contributed by atoms with van der Waals surface area (Å²) < 4.78 is 5.19. The first-order valence-electron chi connectivity index (χ1n) is 7.42. The molecule has 1 aliphatic carbocycles. The number of ether oxygens (including phenoxy) is 1. The van der Waals surface area contributed by atoms with E-state index in [9.17, 15) is 5.11 Å². The molecule has 3 nitrogen and oxygen atoms in total. The van der Waals surface area contributed by atoms with Crippen LogP contribution in [0.5, 0.6) is 0 Å². The van der Waals surface area contributed by atoms with Gasteiger partial charge >= 0.3 is 0 Å². The molecule has 18 heavy (non-hydrogen) atoms. The number of nitrogens with zero attached hydrogens (tertiary/aromatic N) is 1.